The van der Waals surface area contributed by atoms with Crippen molar-refractivity contribution in [2.45, 2.75) is 12.3 Å². The van der Waals surface area contributed by atoms with Crippen LogP contribution in [0.25, 0.3) is 5.69 Å². The molecular formula is C22H16N6O3. The number of carbonyl (C=O) groups is 1. The Hall–Kier alpha value is -4.40. The van der Waals surface area contributed by atoms with Crippen LogP contribution in [0.15, 0.2) is 64.2 Å². The van der Waals surface area contributed by atoms with Gasteiger partial charge in [-0.2, -0.15) is 5.10 Å². The topological polar surface area (TPSA) is 125 Å². The van der Waals surface area contributed by atoms with Crippen LogP contribution < -0.4 is 21.9 Å². The first-order valence-electron chi connectivity index (χ1n) is 9.72. The number of nitrogens with zero attached hydrogens (tertiary/aromatic N) is 2. The van der Waals surface area contributed by atoms with Gasteiger partial charge in [0, 0.05) is 16.8 Å². The zero-order valence-electron chi connectivity index (χ0n) is 16.3. The van der Waals surface area contributed by atoms with Crippen molar-refractivity contribution >= 4 is 23.2 Å². The number of H-pyrrole nitrogens is 2. The van der Waals surface area contributed by atoms with Crippen molar-refractivity contribution in [3.05, 3.63) is 97.8 Å². The molecule has 31 heavy (non-hydrogen) atoms. The average Bonchev–Trinajstić information content (AvgIpc) is 3.23. The molecule has 9 heteroatoms. The van der Waals surface area contributed by atoms with Crippen molar-refractivity contribution in [2.75, 3.05) is 10.6 Å². The average molecular weight is 412 g/mol. The minimum Gasteiger partial charge on any atom is -0.326 e. The van der Waals surface area contributed by atoms with E-state index in [1.807, 2.05) is 48.5 Å². The van der Waals surface area contributed by atoms with E-state index in [0.29, 0.717) is 28.3 Å². The van der Waals surface area contributed by atoms with Gasteiger partial charge in [-0.05, 0) is 25.1 Å². The van der Waals surface area contributed by atoms with Gasteiger partial charge in [-0.1, -0.05) is 36.4 Å². The normalized spacial score (nSPS) is 18.2. The van der Waals surface area contributed by atoms with Crippen molar-refractivity contribution < 1.29 is 4.79 Å². The smallest absolute Gasteiger partial charge is 0.326 e. The number of aromatic amines is 2. The zero-order valence-corrected chi connectivity index (χ0v) is 16.3. The van der Waals surface area contributed by atoms with Crippen molar-refractivity contribution in [1.82, 2.24) is 19.7 Å². The molecule has 2 aliphatic rings. The lowest BCUT2D eigenvalue weighted by Crippen LogP contribution is -2.46. The number of amides is 1. The maximum absolute atomic E-state index is 13.6. The molecule has 0 bridgehead atoms. The first-order valence-corrected chi connectivity index (χ1v) is 9.72. The van der Waals surface area contributed by atoms with E-state index < -0.39 is 16.7 Å². The number of para-hydroxylation sites is 2. The molecule has 4 aromatic rings. The summed E-state index contributed by atoms with van der Waals surface area (Å²) in [6.07, 6.45) is 0. The number of benzene rings is 2. The summed E-state index contributed by atoms with van der Waals surface area (Å²) in [4.78, 5) is 43.7. The van der Waals surface area contributed by atoms with Gasteiger partial charge < -0.3 is 10.6 Å². The van der Waals surface area contributed by atoms with Crippen LogP contribution in [0.2, 0.25) is 0 Å². The summed E-state index contributed by atoms with van der Waals surface area (Å²) in [6.45, 7) is 1.81. The van der Waals surface area contributed by atoms with Crippen molar-refractivity contribution in [2.24, 2.45) is 0 Å². The van der Waals surface area contributed by atoms with Gasteiger partial charge in [0.05, 0.1) is 16.9 Å². The number of hydrogen-bond donors (Lipinski definition) is 4. The molecule has 152 valence electrons. The molecule has 6 rings (SSSR count). The Morgan fingerprint density at radius 3 is 2.42 bits per heavy atom. The van der Waals surface area contributed by atoms with Gasteiger partial charge in [0.15, 0.2) is 0 Å². The summed E-state index contributed by atoms with van der Waals surface area (Å²) in [5.41, 5.74) is 0.579. The van der Waals surface area contributed by atoms with Crippen molar-refractivity contribution in [3.63, 3.8) is 0 Å². The minimum atomic E-state index is -1.46. The number of fused-ring (bicyclic) bond motifs is 6. The summed E-state index contributed by atoms with van der Waals surface area (Å²) in [6, 6.07) is 16.7. The fourth-order valence-corrected chi connectivity index (χ4v) is 4.78. The molecule has 0 fully saturated rings. The molecule has 1 spiro atoms. The van der Waals surface area contributed by atoms with Crippen molar-refractivity contribution in [3.8, 4) is 5.69 Å². The number of rotatable bonds is 1. The van der Waals surface area contributed by atoms with E-state index in [1.165, 1.54) is 0 Å². The van der Waals surface area contributed by atoms with Crippen LogP contribution in [-0.2, 0) is 10.2 Å². The highest BCUT2D eigenvalue weighted by atomic mass is 16.2. The second-order valence-electron chi connectivity index (χ2n) is 7.59. The fraction of sp³-hybridized carbons (Fsp3) is 0.0909. The molecule has 4 N–H and O–H groups in total. The third kappa shape index (κ3) is 2.09. The summed E-state index contributed by atoms with van der Waals surface area (Å²) in [7, 11) is 0. The van der Waals surface area contributed by atoms with Crippen LogP contribution in [0, 0.1) is 6.92 Å². The molecule has 2 aromatic carbocycles. The van der Waals surface area contributed by atoms with Crippen LogP contribution in [0.1, 0.15) is 22.4 Å². The van der Waals surface area contributed by atoms with Gasteiger partial charge in [0.2, 0.25) is 5.91 Å². The Bertz CT molecular complexity index is 1510. The second kappa shape index (κ2) is 5.82. The monoisotopic (exact) mass is 412 g/mol. The molecule has 1 amide bonds. The molecule has 9 nitrogen and oxygen atoms in total. The van der Waals surface area contributed by atoms with Crippen LogP contribution >= 0.6 is 0 Å². The van der Waals surface area contributed by atoms with Crippen LogP contribution in [0.3, 0.4) is 0 Å². The third-order valence-electron chi connectivity index (χ3n) is 5.92. The summed E-state index contributed by atoms with van der Waals surface area (Å²) in [5, 5.41) is 10.8. The number of carbonyl (C=O) groups excluding carboxylic acids is 1. The molecule has 2 aliphatic heterocycles. The number of aryl methyl sites for hydroxylation is 1. The highest BCUT2D eigenvalue weighted by molar-refractivity contribution is 6.14. The van der Waals surface area contributed by atoms with E-state index in [1.54, 1.807) is 17.7 Å². The molecule has 4 heterocycles. The molecule has 0 aliphatic carbocycles. The number of anilines is 3. The van der Waals surface area contributed by atoms with Crippen LogP contribution in [0.4, 0.5) is 17.3 Å². The molecular weight excluding hydrogens is 396 g/mol. The van der Waals surface area contributed by atoms with E-state index in [2.05, 4.69) is 20.6 Å². The van der Waals surface area contributed by atoms with E-state index >= 15 is 0 Å². The molecule has 2 aromatic heterocycles. The van der Waals surface area contributed by atoms with E-state index in [-0.39, 0.29) is 17.3 Å². The fourth-order valence-electron chi connectivity index (χ4n) is 4.78. The summed E-state index contributed by atoms with van der Waals surface area (Å²) >= 11 is 0. The quantitative estimate of drug-likeness (QED) is 0.380. The minimum absolute atomic E-state index is 0.137. The Kier molecular flexibility index (Phi) is 3.28. The highest BCUT2D eigenvalue weighted by Crippen LogP contribution is 2.54. The predicted molar refractivity (Wildman–Crippen MR) is 114 cm³/mol. The van der Waals surface area contributed by atoms with E-state index in [0.717, 1.165) is 5.69 Å². The number of aromatic nitrogens is 4. The molecule has 0 radical (unpaired) electrons. The van der Waals surface area contributed by atoms with Gasteiger partial charge in [-0.15, -0.1) is 0 Å². The lowest BCUT2D eigenvalue weighted by atomic mass is 9.69. The Labute approximate surface area is 174 Å². The lowest BCUT2D eigenvalue weighted by molar-refractivity contribution is -0.118. The standard InChI is InChI=1S/C22H16N6O3/c1-11-15-18(28(27-11)12-7-3-2-4-8-12)24-17-16(19(29)26-21(31)25-17)22(15)13-9-5-6-10-14(13)23-20(22)30/h2-10H,1H3,(H,23,30)(H3,24,25,26,29,31). The van der Waals surface area contributed by atoms with Crippen LogP contribution in [0.5, 0.6) is 0 Å². The molecule has 1 unspecified atom stereocenters. The SMILES string of the molecule is Cc1nn(-c2ccccc2)c2c1C1(C(=O)Nc3ccccc31)c1c([nH]c(=O)[nH]c1=O)N2. The Morgan fingerprint density at radius 2 is 1.61 bits per heavy atom. The Morgan fingerprint density at radius 1 is 0.871 bits per heavy atom. The largest absolute Gasteiger partial charge is 0.327 e. The second-order valence-corrected chi connectivity index (χ2v) is 7.59. The molecule has 0 saturated heterocycles. The van der Waals surface area contributed by atoms with E-state index in [4.69, 9.17) is 5.10 Å². The number of hydrogen-bond acceptors (Lipinski definition) is 5. The van der Waals surface area contributed by atoms with Gasteiger partial charge in [-0.25, -0.2) is 9.48 Å². The van der Waals surface area contributed by atoms with Gasteiger partial charge in [0.1, 0.15) is 17.1 Å². The zero-order chi connectivity index (χ0) is 21.3. The van der Waals surface area contributed by atoms with Gasteiger partial charge in [-0.3, -0.25) is 19.6 Å². The van der Waals surface area contributed by atoms with Gasteiger partial charge >= 0.3 is 5.69 Å². The highest BCUT2D eigenvalue weighted by Gasteiger charge is 2.57. The third-order valence-corrected chi connectivity index (χ3v) is 5.92. The molecule has 0 saturated carbocycles. The van der Waals surface area contributed by atoms with Crippen LogP contribution in [-0.4, -0.2) is 25.7 Å². The maximum Gasteiger partial charge on any atom is 0.327 e. The molecule has 1 atom stereocenters. The van der Waals surface area contributed by atoms with Gasteiger partial charge in [0.25, 0.3) is 5.56 Å². The van der Waals surface area contributed by atoms with E-state index in [9.17, 15) is 14.4 Å². The predicted octanol–water partition coefficient (Wildman–Crippen LogP) is 1.90. The van der Waals surface area contributed by atoms with Crippen molar-refractivity contribution in [1.29, 1.82) is 0 Å². The first kappa shape index (κ1) is 17.5. The summed E-state index contributed by atoms with van der Waals surface area (Å²) < 4.78 is 1.68. The lowest BCUT2D eigenvalue weighted by Gasteiger charge is -2.34. The number of nitrogens with one attached hydrogen (secondary N) is 4. The Balaban J connectivity index is 1.80. The maximum atomic E-state index is 13.6. The summed E-state index contributed by atoms with van der Waals surface area (Å²) in [5.74, 6) is 0.320. The first-order chi connectivity index (χ1) is 15.0.